The number of nitrogens with zero attached hydrogens (tertiary/aromatic N) is 5. The smallest absolute Gasteiger partial charge is 0.188 e. The van der Waals surface area contributed by atoms with Crippen LogP contribution in [0.1, 0.15) is 27.8 Å². The number of hydrogen-bond acceptors (Lipinski definition) is 6. The van der Waals surface area contributed by atoms with Gasteiger partial charge in [-0.05, 0) is 65.7 Å². The SMILES string of the molecule is [C-]#[N+]c1ccc2c(c1)Sc1cc(C#N)ccc1N2c1cccc2c1Oc1ccccc1C21c2cccnc2-c2ncccc21. The number of hydrogen-bond donors (Lipinski definition) is 0. The number of anilines is 3. The standard InChI is InChI=1S/C37H19N5OS/c1-39-23-14-16-29-33(20-23)44-32-19-22(21-38)13-15-28(32)42(29)30-11-4-8-27-36(30)43-31-12-3-2-7-24(31)37(27)25-9-5-17-40-34(25)35-26(37)10-6-18-41-35/h2-20H. The summed E-state index contributed by atoms with van der Waals surface area (Å²) in [6.45, 7) is 7.62. The Hall–Kier alpha value is -5.89. The molecule has 0 radical (unpaired) electrons. The maximum atomic E-state index is 9.69. The molecular weight excluding hydrogens is 563 g/mol. The van der Waals surface area contributed by atoms with E-state index >= 15 is 0 Å². The minimum absolute atomic E-state index is 0.564. The van der Waals surface area contributed by atoms with Gasteiger partial charge in [0.2, 0.25) is 0 Å². The largest absolute Gasteiger partial charge is 0.454 e. The molecule has 0 unspecified atom stereocenters. The molecule has 3 aliphatic rings. The van der Waals surface area contributed by atoms with Gasteiger partial charge >= 0.3 is 0 Å². The van der Waals surface area contributed by atoms with Crippen molar-refractivity contribution in [3.63, 3.8) is 0 Å². The first-order chi connectivity index (χ1) is 21.7. The highest BCUT2D eigenvalue weighted by molar-refractivity contribution is 7.99. The summed E-state index contributed by atoms with van der Waals surface area (Å²) in [6.07, 6.45) is 3.65. The number of benzene rings is 4. The van der Waals surface area contributed by atoms with E-state index in [4.69, 9.17) is 21.3 Å². The van der Waals surface area contributed by atoms with Gasteiger partial charge in [0.15, 0.2) is 11.4 Å². The molecule has 4 aromatic carbocycles. The van der Waals surface area contributed by atoms with Crippen LogP contribution in [0.5, 0.6) is 11.5 Å². The van der Waals surface area contributed by atoms with Crippen molar-refractivity contribution in [3.8, 4) is 29.0 Å². The van der Waals surface area contributed by atoms with Crippen LogP contribution in [0, 0.1) is 17.9 Å². The molecule has 9 rings (SSSR count). The maximum absolute atomic E-state index is 9.69. The van der Waals surface area contributed by atoms with E-state index in [9.17, 15) is 5.26 Å². The summed E-state index contributed by atoms with van der Waals surface area (Å²) in [4.78, 5) is 17.4. The third-order valence-corrected chi connectivity index (χ3v) is 9.75. The first kappa shape index (κ1) is 24.7. The van der Waals surface area contributed by atoms with Crippen molar-refractivity contribution in [1.82, 2.24) is 9.97 Å². The molecule has 204 valence electrons. The molecule has 1 spiro atoms. The fourth-order valence-corrected chi connectivity index (χ4v) is 8.07. The van der Waals surface area contributed by atoms with Gasteiger partial charge in [0.25, 0.3) is 0 Å². The molecule has 0 N–H and O–H groups in total. The Morgan fingerprint density at radius 2 is 1.41 bits per heavy atom. The van der Waals surface area contributed by atoms with Gasteiger partial charge < -0.3 is 9.64 Å². The topological polar surface area (TPSA) is 66.4 Å². The lowest BCUT2D eigenvalue weighted by molar-refractivity contribution is 0.437. The molecule has 0 atom stereocenters. The van der Waals surface area contributed by atoms with E-state index in [-0.39, 0.29) is 0 Å². The monoisotopic (exact) mass is 581 g/mol. The second-order valence-electron chi connectivity index (χ2n) is 10.8. The van der Waals surface area contributed by atoms with Crippen molar-refractivity contribution in [3.05, 3.63) is 155 Å². The summed E-state index contributed by atoms with van der Waals surface area (Å²) in [5.41, 5.74) is 9.13. The van der Waals surface area contributed by atoms with Crippen molar-refractivity contribution in [2.75, 3.05) is 4.90 Å². The minimum atomic E-state index is -0.692. The van der Waals surface area contributed by atoms with Gasteiger partial charge in [0, 0.05) is 33.3 Å². The van der Waals surface area contributed by atoms with E-state index in [1.807, 2.05) is 73.1 Å². The van der Waals surface area contributed by atoms with Gasteiger partial charge in [-0.1, -0.05) is 60.3 Å². The van der Waals surface area contributed by atoms with E-state index in [1.54, 1.807) is 11.8 Å². The number of ether oxygens (including phenoxy) is 1. The molecule has 0 bridgehead atoms. The van der Waals surface area contributed by atoms with Gasteiger partial charge in [0.1, 0.15) is 5.75 Å². The zero-order valence-corrected chi connectivity index (χ0v) is 23.8. The highest BCUT2D eigenvalue weighted by Crippen LogP contribution is 2.64. The normalized spacial score (nSPS) is 14.1. The highest BCUT2D eigenvalue weighted by atomic mass is 32.2. The van der Waals surface area contributed by atoms with Crippen LogP contribution >= 0.6 is 11.8 Å². The van der Waals surface area contributed by atoms with Gasteiger partial charge in [-0.15, -0.1) is 0 Å². The Balaban J connectivity index is 1.38. The molecule has 0 amide bonds. The number of para-hydroxylation sites is 2. The number of rotatable bonds is 1. The zero-order valence-electron chi connectivity index (χ0n) is 23.0. The molecule has 0 saturated carbocycles. The summed E-state index contributed by atoms with van der Waals surface area (Å²) in [5.74, 6) is 1.51. The van der Waals surface area contributed by atoms with E-state index in [1.165, 1.54) is 0 Å². The number of pyridine rings is 2. The van der Waals surface area contributed by atoms with Crippen LogP contribution in [-0.4, -0.2) is 9.97 Å². The predicted molar refractivity (Wildman–Crippen MR) is 169 cm³/mol. The first-order valence-corrected chi connectivity index (χ1v) is 14.9. The van der Waals surface area contributed by atoms with Crippen LogP contribution in [0.4, 0.5) is 22.7 Å². The van der Waals surface area contributed by atoms with Crippen LogP contribution in [0.15, 0.2) is 125 Å². The molecule has 6 nitrogen and oxygen atoms in total. The third kappa shape index (κ3) is 3.14. The molecule has 1 aliphatic carbocycles. The molecule has 2 aliphatic heterocycles. The summed E-state index contributed by atoms with van der Waals surface area (Å²) >= 11 is 1.57. The van der Waals surface area contributed by atoms with E-state index in [0.29, 0.717) is 11.3 Å². The number of aromatic nitrogens is 2. The molecule has 0 fully saturated rings. The van der Waals surface area contributed by atoms with Gasteiger partial charge in [-0.3, -0.25) is 9.97 Å². The summed E-state index contributed by atoms with van der Waals surface area (Å²) in [7, 11) is 0. The van der Waals surface area contributed by atoms with Crippen molar-refractivity contribution in [2.45, 2.75) is 15.2 Å². The second-order valence-corrected chi connectivity index (χ2v) is 11.9. The molecule has 7 heteroatoms. The average molecular weight is 582 g/mol. The van der Waals surface area contributed by atoms with Crippen LogP contribution in [0.25, 0.3) is 16.2 Å². The molecule has 44 heavy (non-hydrogen) atoms. The summed E-state index contributed by atoms with van der Waals surface area (Å²) in [5, 5.41) is 9.69. The van der Waals surface area contributed by atoms with Crippen molar-refractivity contribution >= 4 is 34.5 Å². The maximum Gasteiger partial charge on any atom is 0.188 e. The van der Waals surface area contributed by atoms with Crippen LogP contribution in [-0.2, 0) is 5.41 Å². The van der Waals surface area contributed by atoms with Crippen molar-refractivity contribution in [2.24, 2.45) is 0 Å². The van der Waals surface area contributed by atoms with E-state index in [0.717, 1.165) is 72.0 Å². The Morgan fingerprint density at radius 3 is 2.16 bits per heavy atom. The molecule has 0 saturated heterocycles. The Kier molecular flexibility index (Phi) is 5.08. The third-order valence-electron chi connectivity index (χ3n) is 8.65. The highest BCUT2D eigenvalue weighted by Gasteiger charge is 2.53. The van der Waals surface area contributed by atoms with Gasteiger partial charge in [-0.25, -0.2) is 4.85 Å². The van der Waals surface area contributed by atoms with Crippen LogP contribution < -0.4 is 9.64 Å². The molecule has 6 aromatic rings. The summed E-state index contributed by atoms with van der Waals surface area (Å²) < 4.78 is 6.91. The predicted octanol–water partition coefficient (Wildman–Crippen LogP) is 9.30. The van der Waals surface area contributed by atoms with Gasteiger partial charge in [0.05, 0.1) is 52.1 Å². The van der Waals surface area contributed by atoms with Gasteiger partial charge in [-0.2, -0.15) is 5.26 Å². The molecule has 4 heterocycles. The lowest BCUT2D eigenvalue weighted by atomic mass is 9.66. The zero-order chi connectivity index (χ0) is 29.4. The van der Waals surface area contributed by atoms with Crippen LogP contribution in [0.2, 0.25) is 0 Å². The lowest BCUT2D eigenvalue weighted by Gasteiger charge is -2.41. The first-order valence-electron chi connectivity index (χ1n) is 14.1. The quantitative estimate of drug-likeness (QED) is 0.180. The molecule has 2 aromatic heterocycles. The Labute approximate surface area is 257 Å². The summed E-state index contributed by atoms with van der Waals surface area (Å²) in [6, 6.07) is 36.6. The second kappa shape index (κ2) is 9.05. The molecular formula is C37H19N5OS. The number of nitriles is 1. The van der Waals surface area contributed by atoms with E-state index in [2.05, 4.69) is 58.3 Å². The fraction of sp³-hybridized carbons (Fsp3) is 0.0270. The Morgan fingerprint density at radius 1 is 0.727 bits per heavy atom. The lowest BCUT2D eigenvalue weighted by Crippen LogP contribution is -2.33. The van der Waals surface area contributed by atoms with Crippen molar-refractivity contribution in [1.29, 1.82) is 5.26 Å². The minimum Gasteiger partial charge on any atom is -0.454 e. The Bertz CT molecular complexity index is 2190. The van der Waals surface area contributed by atoms with Crippen molar-refractivity contribution < 1.29 is 4.74 Å². The van der Waals surface area contributed by atoms with E-state index < -0.39 is 5.41 Å². The fourth-order valence-electron chi connectivity index (χ4n) is 6.94. The van der Waals surface area contributed by atoms with Crippen LogP contribution in [0.3, 0.4) is 0 Å². The number of fused-ring (bicyclic) bond motifs is 11. The average Bonchev–Trinajstić information content (AvgIpc) is 3.37.